The normalized spacial score (nSPS) is 19.7. The number of ether oxygens (including phenoxy) is 2. The number of esters is 1. The summed E-state index contributed by atoms with van der Waals surface area (Å²) in [5.41, 5.74) is 3.49. The van der Waals surface area contributed by atoms with Crippen LogP contribution in [0.15, 0.2) is 182 Å². The first-order chi connectivity index (χ1) is 33.9. The summed E-state index contributed by atoms with van der Waals surface area (Å²) in [6.07, 6.45) is -10.7. The minimum absolute atomic E-state index is 0.296. The van der Waals surface area contributed by atoms with E-state index in [1.807, 2.05) is 0 Å². The zero-order valence-electron chi connectivity index (χ0n) is 38.4. The van der Waals surface area contributed by atoms with Gasteiger partial charge in [0, 0.05) is 6.92 Å². The van der Waals surface area contributed by atoms with Crippen molar-refractivity contribution in [2.24, 2.45) is 0 Å². The molecule has 0 bridgehead atoms. The fourth-order valence-electron chi connectivity index (χ4n) is 6.94. The summed E-state index contributed by atoms with van der Waals surface area (Å²) in [7, 11) is -14.8. The molecule has 70 heavy (non-hydrogen) atoms. The summed E-state index contributed by atoms with van der Waals surface area (Å²) in [4.78, 5) is 12.4. The number of benzene rings is 6. The van der Waals surface area contributed by atoms with Gasteiger partial charge in [0.05, 0.1) is 39.1 Å². The Balaban J connectivity index is 1.33. The maximum atomic E-state index is 15.4. The zero-order valence-corrected chi connectivity index (χ0v) is 41.1. The van der Waals surface area contributed by atoms with Crippen LogP contribution in [0.4, 0.5) is 0 Å². The maximum absolute atomic E-state index is 15.4. The van der Waals surface area contributed by atoms with Crippen molar-refractivity contribution in [3.63, 3.8) is 0 Å². The highest BCUT2D eigenvalue weighted by atomic mass is 31.2. The fraction of sp³-hybridized carbons (Fsp3) is 0.275. The molecular weight excluding hydrogens is 961 g/mol. The van der Waals surface area contributed by atoms with E-state index in [4.69, 9.17) is 50.2 Å². The molecule has 0 aliphatic carbocycles. The van der Waals surface area contributed by atoms with Crippen LogP contribution in [0, 0.1) is 0 Å². The summed E-state index contributed by atoms with van der Waals surface area (Å²) in [5.74, 6) is -0.762. The van der Waals surface area contributed by atoms with E-state index >= 15 is 13.7 Å². The molecular formula is C51H55O16P3. The van der Waals surface area contributed by atoms with Crippen LogP contribution < -0.4 is 0 Å². The molecule has 1 saturated heterocycles. The zero-order chi connectivity index (χ0) is 49.2. The van der Waals surface area contributed by atoms with Crippen LogP contribution >= 0.6 is 23.5 Å². The number of phosphoric ester groups is 3. The predicted molar refractivity (Wildman–Crippen MR) is 257 cm³/mol. The van der Waals surface area contributed by atoms with Crippen LogP contribution in [0.1, 0.15) is 53.3 Å². The first-order valence-corrected chi connectivity index (χ1v) is 26.7. The Morgan fingerprint density at radius 1 is 0.486 bits per heavy atom. The second kappa shape index (κ2) is 25.9. The van der Waals surface area contributed by atoms with Gasteiger partial charge in [0.2, 0.25) is 0 Å². The highest BCUT2D eigenvalue weighted by Gasteiger charge is 2.56. The SMILES string of the molecule is CC(=O)OC[C@H]1OC(O)[C@@H](OP(=O)(OCc2ccccc2)OC(C)c2ccccc2)[C@@H](OP(=O)(OCc2ccccc2)OCc2ccccc2)[C@@H]1OP(=O)(OCc1ccccc1)OCc1ccccc1. The molecule has 0 radical (unpaired) electrons. The molecule has 3 unspecified atom stereocenters. The minimum Gasteiger partial charge on any atom is -0.463 e. The average Bonchev–Trinajstić information content (AvgIpc) is 3.39. The van der Waals surface area contributed by atoms with Gasteiger partial charge in [0.15, 0.2) is 6.29 Å². The van der Waals surface area contributed by atoms with Crippen LogP contribution in [0.3, 0.4) is 0 Å². The molecule has 6 aromatic carbocycles. The van der Waals surface area contributed by atoms with E-state index in [0.29, 0.717) is 33.4 Å². The summed E-state index contributed by atoms with van der Waals surface area (Å²) < 4.78 is 113. The van der Waals surface area contributed by atoms with Crippen molar-refractivity contribution in [1.29, 1.82) is 0 Å². The smallest absolute Gasteiger partial charge is 0.463 e. The number of aliphatic hydroxyl groups is 1. The number of aliphatic hydroxyl groups excluding tert-OH is 1. The van der Waals surface area contributed by atoms with E-state index < -0.39 is 72.9 Å². The van der Waals surface area contributed by atoms with E-state index in [0.717, 1.165) is 6.92 Å². The van der Waals surface area contributed by atoms with Gasteiger partial charge in [-0.1, -0.05) is 182 Å². The number of hydrogen-bond acceptors (Lipinski definition) is 16. The summed E-state index contributed by atoms with van der Waals surface area (Å²) >= 11 is 0. The molecule has 1 heterocycles. The lowest BCUT2D eigenvalue weighted by Crippen LogP contribution is -2.60. The molecule has 0 amide bonds. The van der Waals surface area contributed by atoms with Crippen molar-refractivity contribution in [2.75, 3.05) is 6.61 Å². The number of hydrogen-bond donors (Lipinski definition) is 1. The average molecular weight is 1020 g/mol. The first kappa shape index (κ1) is 52.9. The van der Waals surface area contributed by atoms with Crippen LogP contribution in [0.25, 0.3) is 0 Å². The highest BCUT2D eigenvalue weighted by molar-refractivity contribution is 7.49. The highest BCUT2D eigenvalue weighted by Crippen LogP contribution is 2.61. The van der Waals surface area contributed by atoms with Gasteiger partial charge in [-0.15, -0.1) is 0 Å². The van der Waals surface area contributed by atoms with Gasteiger partial charge < -0.3 is 14.6 Å². The van der Waals surface area contributed by atoms with Crippen LogP contribution in [-0.2, 0) is 102 Å². The molecule has 6 aromatic rings. The Bertz CT molecular complexity index is 2540. The molecule has 16 nitrogen and oxygen atoms in total. The van der Waals surface area contributed by atoms with Crippen molar-refractivity contribution < 1.29 is 73.8 Å². The molecule has 0 aromatic heterocycles. The van der Waals surface area contributed by atoms with Gasteiger partial charge >= 0.3 is 29.4 Å². The number of rotatable bonds is 26. The minimum atomic E-state index is -4.96. The van der Waals surface area contributed by atoms with E-state index in [2.05, 4.69) is 0 Å². The van der Waals surface area contributed by atoms with Gasteiger partial charge in [-0.25, -0.2) is 13.7 Å². The van der Waals surface area contributed by atoms with Crippen molar-refractivity contribution in [1.82, 2.24) is 0 Å². The van der Waals surface area contributed by atoms with E-state index in [1.54, 1.807) is 189 Å². The predicted octanol–water partition coefficient (Wildman–Crippen LogP) is 11.6. The van der Waals surface area contributed by atoms with E-state index in [-0.39, 0.29) is 33.0 Å². The lowest BCUT2D eigenvalue weighted by Gasteiger charge is -2.45. The van der Waals surface area contributed by atoms with Crippen LogP contribution in [0.2, 0.25) is 0 Å². The van der Waals surface area contributed by atoms with Gasteiger partial charge in [0.1, 0.15) is 31.0 Å². The molecule has 0 spiro atoms. The van der Waals surface area contributed by atoms with Crippen LogP contribution in [-0.4, -0.2) is 48.4 Å². The molecule has 7 atom stereocenters. The lowest BCUT2D eigenvalue weighted by molar-refractivity contribution is -0.279. The third kappa shape index (κ3) is 16.3. The Kier molecular flexibility index (Phi) is 19.6. The van der Waals surface area contributed by atoms with Crippen LogP contribution in [0.5, 0.6) is 0 Å². The first-order valence-electron chi connectivity index (χ1n) is 22.3. The molecule has 1 aliphatic rings. The molecule has 1 N–H and O–H groups in total. The third-order valence-electron chi connectivity index (χ3n) is 10.5. The number of phosphoric acid groups is 3. The van der Waals surface area contributed by atoms with Crippen molar-refractivity contribution in [3.8, 4) is 0 Å². The van der Waals surface area contributed by atoms with Gasteiger partial charge in [-0.05, 0) is 40.3 Å². The standard InChI is InChI=1S/C51H55O16P3/c1-39(46-31-19-8-20-32-46)64-70(56,62-37-45-29-17-7-18-30-45)67-50-49(66-69(55,60-35-43-25-13-5-14-26-43)61-36-44-27-15-6-16-28-44)48(47(63-51(50)53)38-57-40(2)52)65-68(54,58-33-41-21-9-3-10-22-41)59-34-42-23-11-4-12-24-42/h3-32,39,47-51,53H,33-38H2,1-2H3/t39?,47-,48-,49+,50+,51?,70?/m1/s1. The Morgan fingerprint density at radius 2 is 0.800 bits per heavy atom. The third-order valence-corrected chi connectivity index (χ3v) is 14.8. The van der Waals surface area contributed by atoms with E-state index in [9.17, 15) is 9.90 Å². The quantitative estimate of drug-likeness (QED) is 0.0398. The number of carbonyl (C=O) groups is 1. The van der Waals surface area contributed by atoms with Gasteiger partial charge in [-0.3, -0.25) is 45.5 Å². The second-order valence-electron chi connectivity index (χ2n) is 15.9. The number of carbonyl (C=O) groups excluding carboxylic acids is 1. The molecule has 1 aliphatic heterocycles. The van der Waals surface area contributed by atoms with Gasteiger partial charge in [-0.2, -0.15) is 0 Å². The van der Waals surface area contributed by atoms with Crippen molar-refractivity contribution >= 4 is 29.4 Å². The Labute approximate surface area is 407 Å². The monoisotopic (exact) mass is 1020 g/mol. The van der Waals surface area contributed by atoms with E-state index in [1.165, 1.54) is 0 Å². The largest absolute Gasteiger partial charge is 0.476 e. The molecule has 19 heteroatoms. The van der Waals surface area contributed by atoms with Crippen molar-refractivity contribution in [3.05, 3.63) is 215 Å². The summed E-state index contributed by atoms with van der Waals surface area (Å²) in [5, 5.41) is 12.0. The molecule has 7 rings (SSSR count). The summed E-state index contributed by atoms with van der Waals surface area (Å²) in [6.45, 7) is 0.562. The second-order valence-corrected chi connectivity index (χ2v) is 20.7. The Hall–Kier alpha value is -4.96. The Morgan fingerprint density at radius 3 is 1.16 bits per heavy atom. The molecule has 370 valence electrons. The fourth-order valence-corrected chi connectivity index (χ4v) is 11.2. The molecule has 0 saturated carbocycles. The lowest BCUT2D eigenvalue weighted by atomic mass is 9.99. The van der Waals surface area contributed by atoms with Crippen molar-refractivity contribution in [2.45, 2.75) is 83.7 Å². The van der Waals surface area contributed by atoms with Gasteiger partial charge in [0.25, 0.3) is 0 Å². The summed E-state index contributed by atoms with van der Waals surface area (Å²) in [6, 6.07) is 52.6. The molecule has 1 fully saturated rings. The maximum Gasteiger partial charge on any atom is 0.476 e. The topological polar surface area (TPSA) is 190 Å².